The average Bonchev–Trinajstić information content (AvgIpc) is 4.29. The second-order valence-corrected chi connectivity index (χ2v) is 19.7. The van der Waals surface area contributed by atoms with Crippen LogP contribution in [-0.2, 0) is 0 Å². The molecule has 4 nitrogen and oxygen atoms in total. The fraction of sp³-hybridized carbons (Fsp3) is 0.0667. The van der Waals surface area contributed by atoms with Crippen molar-refractivity contribution >= 4 is 67.1 Å². The summed E-state index contributed by atoms with van der Waals surface area (Å²) in [6.45, 7) is 6.18. The summed E-state index contributed by atoms with van der Waals surface area (Å²) < 4.78 is 4.65. The highest BCUT2D eigenvalue weighted by Crippen LogP contribution is 2.38. The molecule has 0 amide bonds. The first-order valence-electron chi connectivity index (χ1n) is 27.2. The maximum absolute atomic E-state index is 2.36. The maximum atomic E-state index is 2.36. The second kappa shape index (κ2) is 23.6. The minimum Gasteiger partial charge on any atom is -0.345 e. The molecular weight excluding hydrogens is 957 g/mol. The van der Waals surface area contributed by atoms with E-state index in [2.05, 4.69) is 338 Å². The van der Waals surface area contributed by atoms with E-state index in [1.54, 1.807) is 0 Å². The molecule has 0 saturated carbocycles. The van der Waals surface area contributed by atoms with Crippen LogP contribution in [0.15, 0.2) is 291 Å². The van der Waals surface area contributed by atoms with Gasteiger partial charge >= 0.3 is 0 Å². The zero-order valence-electron chi connectivity index (χ0n) is 45.6. The highest BCUT2D eigenvalue weighted by Gasteiger charge is 2.15. The molecule has 384 valence electrons. The van der Waals surface area contributed by atoms with Gasteiger partial charge < -0.3 is 18.9 Å². The van der Waals surface area contributed by atoms with Crippen molar-refractivity contribution in [1.29, 1.82) is 0 Å². The number of hydrogen-bond acceptors (Lipinski definition) is 2. The molecule has 0 aliphatic carbocycles. The van der Waals surface area contributed by atoms with Crippen molar-refractivity contribution in [2.24, 2.45) is 0 Å². The molecule has 0 radical (unpaired) electrons. The number of rotatable bonds is 13. The van der Waals surface area contributed by atoms with Crippen LogP contribution in [0.4, 0.5) is 22.7 Å². The number of anilines is 4. The molecule has 2 aromatic heterocycles. The van der Waals surface area contributed by atoms with E-state index in [0.29, 0.717) is 0 Å². The Labute approximate surface area is 465 Å². The van der Waals surface area contributed by atoms with Crippen LogP contribution in [0.1, 0.15) is 31.9 Å². The van der Waals surface area contributed by atoms with Crippen LogP contribution in [0.25, 0.3) is 89.1 Å². The second-order valence-electron chi connectivity index (χ2n) is 19.7. The molecule has 12 rings (SSSR count). The number of aromatic nitrogens is 2. The molecule has 0 aliphatic heterocycles. The number of fused-ring (bicyclic) bond motifs is 4. The van der Waals surface area contributed by atoms with Crippen molar-refractivity contribution in [2.45, 2.75) is 20.8 Å². The number of hydrogen-bond donors (Lipinski definition) is 0. The summed E-state index contributed by atoms with van der Waals surface area (Å²) in [7, 11) is 4.27. The molecule has 0 bridgehead atoms. The van der Waals surface area contributed by atoms with Crippen molar-refractivity contribution in [3.63, 3.8) is 0 Å². The molecule has 0 spiro atoms. The first kappa shape index (κ1) is 51.2. The number of para-hydroxylation sites is 4. The predicted molar refractivity (Wildman–Crippen MR) is 342 cm³/mol. The summed E-state index contributed by atoms with van der Waals surface area (Å²) in [6.07, 6.45) is 17.0. The lowest BCUT2D eigenvalue weighted by Gasteiger charge is -2.24. The van der Waals surface area contributed by atoms with Crippen LogP contribution in [0.2, 0.25) is 0 Å². The van der Waals surface area contributed by atoms with Crippen molar-refractivity contribution in [3.8, 4) is 44.8 Å². The van der Waals surface area contributed by atoms with Gasteiger partial charge in [-0.1, -0.05) is 206 Å². The van der Waals surface area contributed by atoms with Crippen LogP contribution in [0, 0.1) is 0 Å². The smallest absolute Gasteiger partial charge is 0.0541 e. The van der Waals surface area contributed by atoms with E-state index in [4.69, 9.17) is 0 Å². The SMILES string of the molecule is C/C=C\C(=C/C)c1cccc(-n2c3ccccc3c3ccccc32)c1.C/C=C\C=C/c1cn(-c2cccc(-c3ccc(N(C)c4ccc(-c5cccc(N(C)c6ccccc6-c6ccccc6)c5)cc4)cc3)c2)c2ccccc12. The highest BCUT2D eigenvalue weighted by atomic mass is 15.1. The van der Waals surface area contributed by atoms with Gasteiger partial charge in [0.25, 0.3) is 0 Å². The van der Waals surface area contributed by atoms with Crippen LogP contribution in [0.5, 0.6) is 0 Å². The first-order chi connectivity index (χ1) is 38.9. The van der Waals surface area contributed by atoms with Gasteiger partial charge in [0.2, 0.25) is 0 Å². The van der Waals surface area contributed by atoms with Gasteiger partial charge in [-0.05, 0) is 145 Å². The van der Waals surface area contributed by atoms with Gasteiger partial charge in [-0.3, -0.25) is 0 Å². The average molecular weight is 1020 g/mol. The molecule has 79 heavy (non-hydrogen) atoms. The van der Waals surface area contributed by atoms with E-state index < -0.39 is 0 Å². The molecule has 4 heteroatoms. The summed E-state index contributed by atoms with van der Waals surface area (Å²) in [4.78, 5) is 4.51. The molecule has 12 aromatic rings. The Kier molecular flexibility index (Phi) is 15.3. The minimum atomic E-state index is 1.14. The van der Waals surface area contributed by atoms with Gasteiger partial charge in [0, 0.05) is 81.7 Å². The van der Waals surface area contributed by atoms with Gasteiger partial charge in [0.15, 0.2) is 0 Å². The van der Waals surface area contributed by atoms with Crippen molar-refractivity contribution in [3.05, 3.63) is 303 Å². The number of allylic oxidation sites excluding steroid dienone is 7. The van der Waals surface area contributed by atoms with Crippen molar-refractivity contribution < 1.29 is 0 Å². The topological polar surface area (TPSA) is 16.3 Å². The van der Waals surface area contributed by atoms with Crippen LogP contribution >= 0.6 is 0 Å². The van der Waals surface area contributed by atoms with Gasteiger partial charge in [-0.25, -0.2) is 0 Å². The number of nitrogens with zero attached hydrogens (tertiary/aromatic N) is 4. The van der Waals surface area contributed by atoms with Gasteiger partial charge in [-0.15, -0.1) is 0 Å². The fourth-order valence-corrected chi connectivity index (χ4v) is 10.8. The normalized spacial score (nSPS) is 11.8. The van der Waals surface area contributed by atoms with E-state index in [0.717, 1.165) is 22.7 Å². The fourth-order valence-electron chi connectivity index (χ4n) is 10.8. The third-order valence-electron chi connectivity index (χ3n) is 14.9. The van der Waals surface area contributed by atoms with Crippen molar-refractivity contribution in [2.75, 3.05) is 23.9 Å². The zero-order valence-corrected chi connectivity index (χ0v) is 45.6. The third kappa shape index (κ3) is 10.8. The van der Waals surface area contributed by atoms with E-state index in [9.17, 15) is 0 Å². The van der Waals surface area contributed by atoms with Crippen LogP contribution < -0.4 is 9.80 Å². The summed E-state index contributed by atoms with van der Waals surface area (Å²) in [6, 6.07) is 89.1. The Morgan fingerprint density at radius 2 is 0.949 bits per heavy atom. The lowest BCUT2D eigenvalue weighted by Crippen LogP contribution is -2.10. The lowest BCUT2D eigenvalue weighted by molar-refractivity contribution is 1.13. The molecular formula is C75H64N4. The van der Waals surface area contributed by atoms with E-state index >= 15 is 0 Å². The van der Waals surface area contributed by atoms with Gasteiger partial charge in [-0.2, -0.15) is 0 Å². The summed E-state index contributed by atoms with van der Waals surface area (Å²) in [5.41, 5.74) is 21.5. The van der Waals surface area contributed by atoms with Gasteiger partial charge in [0.1, 0.15) is 0 Å². The zero-order chi connectivity index (χ0) is 54.1. The molecule has 0 aliphatic rings. The molecule has 2 heterocycles. The summed E-state index contributed by atoms with van der Waals surface area (Å²) in [5, 5.41) is 3.83. The maximum Gasteiger partial charge on any atom is 0.0541 e. The van der Waals surface area contributed by atoms with Crippen LogP contribution in [-0.4, -0.2) is 23.2 Å². The largest absolute Gasteiger partial charge is 0.345 e. The number of benzene rings is 10. The Balaban J connectivity index is 0.000000219. The summed E-state index contributed by atoms with van der Waals surface area (Å²) >= 11 is 0. The third-order valence-corrected chi connectivity index (χ3v) is 14.9. The van der Waals surface area contributed by atoms with E-state index in [-0.39, 0.29) is 0 Å². The molecule has 10 aromatic carbocycles. The monoisotopic (exact) mass is 1020 g/mol. The van der Waals surface area contributed by atoms with Crippen LogP contribution in [0.3, 0.4) is 0 Å². The quantitative estimate of drug-likeness (QED) is 0.107. The molecule has 0 fully saturated rings. The van der Waals surface area contributed by atoms with Gasteiger partial charge in [0.05, 0.1) is 16.6 Å². The Hall–Kier alpha value is -9.90. The standard InChI is InChI=1S/C51H43N3.C24H21N/c1-4-5-7-18-43-37-54(51-26-13-11-24-49(43)51)47-22-15-20-42(36-47)39-29-33-45(34-30-39)52(2)44-31-27-38(28-32-44)41-19-14-21-46(35-41)53(3)50-25-12-10-23-48(50)40-16-8-6-9-17-40;1-3-10-18(4-2)19-11-9-12-20(17-19)25-23-15-7-5-13-21(23)22-14-6-8-16-24(22)25/h4-37H,1-3H3;3-17H,1-2H3/b5-4-,18-7-;10-3-,18-4+. The molecule has 0 atom stereocenters. The van der Waals surface area contributed by atoms with E-state index in [1.807, 2.05) is 13.0 Å². The predicted octanol–water partition coefficient (Wildman–Crippen LogP) is 20.5. The Morgan fingerprint density at radius 1 is 0.392 bits per heavy atom. The lowest BCUT2D eigenvalue weighted by atomic mass is 10.0. The highest BCUT2D eigenvalue weighted by molar-refractivity contribution is 6.09. The Morgan fingerprint density at radius 3 is 1.61 bits per heavy atom. The first-order valence-corrected chi connectivity index (χ1v) is 27.2. The van der Waals surface area contributed by atoms with E-state index in [1.165, 1.54) is 94.2 Å². The summed E-state index contributed by atoms with van der Waals surface area (Å²) in [5.74, 6) is 0. The van der Waals surface area contributed by atoms with Crippen molar-refractivity contribution in [1.82, 2.24) is 9.13 Å². The minimum absolute atomic E-state index is 1.14. The molecule has 0 unspecified atom stereocenters. The Bertz CT molecular complexity index is 4130. The molecule has 0 N–H and O–H groups in total. The molecule has 0 saturated heterocycles.